The lowest BCUT2D eigenvalue weighted by molar-refractivity contribution is 0.102. The van der Waals surface area contributed by atoms with Gasteiger partial charge in [0.2, 0.25) is 10.0 Å². The summed E-state index contributed by atoms with van der Waals surface area (Å²) in [4.78, 5) is 17.2. The molecule has 2 aromatic carbocycles. The van der Waals surface area contributed by atoms with Crippen molar-refractivity contribution in [3.8, 4) is 0 Å². The van der Waals surface area contributed by atoms with Crippen LogP contribution in [-0.2, 0) is 10.0 Å². The number of nitrogens with zero attached hydrogens (tertiary/aromatic N) is 2. The smallest absolute Gasteiger partial charge is 0.258 e. The van der Waals surface area contributed by atoms with Crippen molar-refractivity contribution in [1.29, 1.82) is 0 Å². The molecule has 0 unspecified atom stereocenters. The third-order valence-electron chi connectivity index (χ3n) is 4.40. The van der Waals surface area contributed by atoms with Gasteiger partial charge in [0, 0.05) is 17.6 Å². The normalized spacial score (nSPS) is 15.3. The minimum Gasteiger partial charge on any atom is -0.298 e. The van der Waals surface area contributed by atoms with Gasteiger partial charge in [0.05, 0.1) is 20.7 Å². The zero-order valence-corrected chi connectivity index (χ0v) is 17.4. The Labute approximate surface area is 169 Å². The van der Waals surface area contributed by atoms with Crippen molar-refractivity contribution >= 4 is 58.5 Å². The quantitative estimate of drug-likeness (QED) is 0.628. The summed E-state index contributed by atoms with van der Waals surface area (Å²) in [6.07, 6.45) is 1.72. The van der Waals surface area contributed by atoms with E-state index in [2.05, 4.69) is 26.2 Å². The Balaban J connectivity index is 1.63. The summed E-state index contributed by atoms with van der Waals surface area (Å²) in [7, 11) is -3.59. The fourth-order valence-corrected chi connectivity index (χ4v) is 5.84. The van der Waals surface area contributed by atoms with Crippen LogP contribution < -0.4 is 5.32 Å². The van der Waals surface area contributed by atoms with E-state index in [1.807, 2.05) is 24.3 Å². The lowest BCUT2D eigenvalue weighted by Crippen LogP contribution is -2.28. The third-order valence-corrected chi connectivity index (χ3v) is 7.94. The van der Waals surface area contributed by atoms with Crippen molar-refractivity contribution in [2.24, 2.45) is 0 Å². The molecule has 1 aromatic heterocycles. The number of carbonyl (C=O) groups is 1. The number of benzene rings is 2. The van der Waals surface area contributed by atoms with Gasteiger partial charge in [-0.1, -0.05) is 23.5 Å². The average Bonchev–Trinajstić information content (AvgIpc) is 3.31. The number of fused-ring (bicyclic) bond motifs is 1. The summed E-state index contributed by atoms with van der Waals surface area (Å²) in [6, 6.07) is 12.1. The molecule has 2 heterocycles. The minimum absolute atomic E-state index is 0.127. The van der Waals surface area contributed by atoms with Crippen molar-refractivity contribution < 1.29 is 13.2 Å². The third kappa shape index (κ3) is 3.64. The molecule has 0 radical (unpaired) electrons. The van der Waals surface area contributed by atoms with Crippen LogP contribution in [0.25, 0.3) is 10.2 Å². The van der Waals surface area contributed by atoms with E-state index in [0.29, 0.717) is 22.7 Å². The molecular weight excluding hydrogens is 450 g/mol. The highest BCUT2D eigenvalue weighted by Gasteiger charge is 2.28. The number of thiazole rings is 1. The van der Waals surface area contributed by atoms with E-state index in [0.717, 1.165) is 23.1 Å². The molecule has 0 atom stereocenters. The molecule has 140 valence electrons. The van der Waals surface area contributed by atoms with Crippen molar-refractivity contribution in [3.63, 3.8) is 0 Å². The number of anilines is 1. The van der Waals surface area contributed by atoms with Crippen LogP contribution in [0.4, 0.5) is 5.13 Å². The fraction of sp³-hybridized carbons (Fsp3) is 0.222. The van der Waals surface area contributed by atoms with Gasteiger partial charge in [-0.15, -0.1) is 0 Å². The number of aromatic nitrogens is 1. The highest BCUT2D eigenvalue weighted by atomic mass is 79.9. The van der Waals surface area contributed by atoms with Gasteiger partial charge in [-0.05, 0) is 59.1 Å². The minimum atomic E-state index is -3.59. The molecule has 1 fully saturated rings. The van der Waals surface area contributed by atoms with E-state index in [9.17, 15) is 13.2 Å². The monoisotopic (exact) mass is 465 g/mol. The molecule has 1 aliphatic rings. The van der Waals surface area contributed by atoms with Crippen LogP contribution in [0.5, 0.6) is 0 Å². The summed E-state index contributed by atoms with van der Waals surface area (Å²) in [5, 5.41) is 3.24. The predicted octanol–water partition coefficient (Wildman–Crippen LogP) is 4.10. The van der Waals surface area contributed by atoms with Gasteiger partial charge < -0.3 is 0 Å². The molecule has 0 bridgehead atoms. The second-order valence-corrected chi connectivity index (χ2v) is 10.0. The summed E-state index contributed by atoms with van der Waals surface area (Å²) in [6.45, 7) is 1.04. The number of hydrogen-bond donors (Lipinski definition) is 1. The SMILES string of the molecule is O=C(Nc1nc2ccccc2s1)c1cc(S(=O)(=O)N2CCCC2)ccc1Br. The van der Waals surface area contributed by atoms with Gasteiger partial charge >= 0.3 is 0 Å². The summed E-state index contributed by atoms with van der Waals surface area (Å²) in [5.74, 6) is -0.403. The number of para-hydroxylation sites is 1. The second kappa shape index (κ2) is 7.31. The maximum atomic E-state index is 12.8. The van der Waals surface area contributed by atoms with Crippen LogP contribution in [0.15, 0.2) is 51.8 Å². The Hall–Kier alpha value is -1.81. The van der Waals surface area contributed by atoms with Crippen molar-refractivity contribution in [3.05, 3.63) is 52.5 Å². The van der Waals surface area contributed by atoms with E-state index in [1.165, 1.54) is 27.8 Å². The number of amides is 1. The highest BCUT2D eigenvalue weighted by Crippen LogP contribution is 2.28. The summed E-state index contributed by atoms with van der Waals surface area (Å²) in [5.41, 5.74) is 1.07. The number of nitrogens with one attached hydrogen (secondary N) is 1. The molecule has 3 aromatic rings. The van der Waals surface area contributed by atoms with E-state index in [1.54, 1.807) is 6.07 Å². The number of sulfonamides is 1. The van der Waals surface area contributed by atoms with Gasteiger partial charge in [-0.2, -0.15) is 4.31 Å². The number of carbonyl (C=O) groups excluding carboxylic acids is 1. The topological polar surface area (TPSA) is 79.4 Å². The first kappa shape index (κ1) is 18.5. The van der Waals surface area contributed by atoms with Crippen LogP contribution in [0.2, 0.25) is 0 Å². The highest BCUT2D eigenvalue weighted by molar-refractivity contribution is 9.10. The van der Waals surface area contributed by atoms with Gasteiger partial charge in [0.25, 0.3) is 5.91 Å². The Morgan fingerprint density at radius 2 is 1.89 bits per heavy atom. The maximum absolute atomic E-state index is 12.8. The molecule has 1 amide bonds. The molecule has 0 spiro atoms. The van der Waals surface area contributed by atoms with Crippen LogP contribution in [0, 0.1) is 0 Å². The molecule has 0 aliphatic carbocycles. The van der Waals surface area contributed by atoms with Crippen LogP contribution >= 0.6 is 27.3 Å². The van der Waals surface area contributed by atoms with Gasteiger partial charge in [0.15, 0.2) is 5.13 Å². The zero-order valence-electron chi connectivity index (χ0n) is 14.2. The summed E-state index contributed by atoms with van der Waals surface area (Å²) < 4.78 is 28.5. The lowest BCUT2D eigenvalue weighted by Gasteiger charge is -2.16. The molecular formula is C18H16BrN3O3S2. The molecule has 6 nitrogen and oxygen atoms in total. The molecule has 1 N–H and O–H groups in total. The Morgan fingerprint density at radius 3 is 2.63 bits per heavy atom. The van der Waals surface area contributed by atoms with E-state index in [-0.39, 0.29) is 10.5 Å². The standard InChI is InChI=1S/C18H16BrN3O3S2/c19-14-8-7-12(27(24,25)22-9-3-4-10-22)11-13(14)17(23)21-18-20-15-5-1-2-6-16(15)26-18/h1-2,5-8,11H,3-4,9-10H2,(H,20,21,23). The molecule has 27 heavy (non-hydrogen) atoms. The Morgan fingerprint density at radius 1 is 1.15 bits per heavy atom. The van der Waals surface area contributed by atoms with Crippen LogP contribution in [0.1, 0.15) is 23.2 Å². The lowest BCUT2D eigenvalue weighted by atomic mass is 10.2. The number of hydrogen-bond acceptors (Lipinski definition) is 5. The first-order valence-electron chi connectivity index (χ1n) is 8.42. The molecule has 0 saturated carbocycles. The van der Waals surface area contributed by atoms with Gasteiger partial charge in [-0.25, -0.2) is 13.4 Å². The van der Waals surface area contributed by atoms with E-state index in [4.69, 9.17) is 0 Å². The molecule has 1 aliphatic heterocycles. The largest absolute Gasteiger partial charge is 0.298 e. The van der Waals surface area contributed by atoms with E-state index < -0.39 is 15.9 Å². The summed E-state index contributed by atoms with van der Waals surface area (Å²) >= 11 is 4.71. The molecule has 4 rings (SSSR count). The fourth-order valence-electron chi connectivity index (χ4n) is 3.01. The van der Waals surface area contributed by atoms with Gasteiger partial charge in [0.1, 0.15) is 0 Å². The van der Waals surface area contributed by atoms with E-state index >= 15 is 0 Å². The number of rotatable bonds is 4. The molecule has 1 saturated heterocycles. The maximum Gasteiger partial charge on any atom is 0.258 e. The van der Waals surface area contributed by atoms with Gasteiger partial charge in [-0.3, -0.25) is 10.1 Å². The average molecular weight is 466 g/mol. The predicted molar refractivity (Wildman–Crippen MR) is 110 cm³/mol. The Bertz CT molecular complexity index is 1090. The van der Waals surface area contributed by atoms with Crippen molar-refractivity contribution in [1.82, 2.24) is 9.29 Å². The zero-order chi connectivity index (χ0) is 19.0. The van der Waals surface area contributed by atoms with Crippen molar-refractivity contribution in [2.75, 3.05) is 18.4 Å². The molecule has 9 heteroatoms. The van der Waals surface area contributed by atoms with Crippen LogP contribution in [0.3, 0.4) is 0 Å². The first-order chi connectivity index (χ1) is 12.9. The van der Waals surface area contributed by atoms with Crippen LogP contribution in [-0.4, -0.2) is 36.7 Å². The van der Waals surface area contributed by atoms with Crippen molar-refractivity contribution in [2.45, 2.75) is 17.7 Å². The first-order valence-corrected chi connectivity index (χ1v) is 11.5. The number of halogens is 1. The Kier molecular flexibility index (Phi) is 5.02. The second-order valence-electron chi connectivity index (χ2n) is 6.19.